The van der Waals surface area contributed by atoms with Crippen LogP contribution in [-0.2, 0) is 4.79 Å². The average molecular weight is 338 g/mol. The number of carbonyl (C=O) groups is 1. The van der Waals surface area contributed by atoms with Crippen molar-refractivity contribution >= 4 is 35.1 Å². The van der Waals surface area contributed by atoms with Crippen molar-refractivity contribution < 1.29 is 4.79 Å². The maximum atomic E-state index is 12.1. The Morgan fingerprint density at radius 1 is 1.08 bits per heavy atom. The van der Waals surface area contributed by atoms with Gasteiger partial charge in [-0.1, -0.05) is 48.6 Å². The number of nitrogens with zero attached hydrogens (tertiary/aromatic N) is 1. The molecule has 0 radical (unpaired) electrons. The van der Waals surface area contributed by atoms with Gasteiger partial charge < -0.3 is 10.2 Å². The molecule has 1 aliphatic heterocycles. The fourth-order valence-corrected chi connectivity index (χ4v) is 3.58. The van der Waals surface area contributed by atoms with E-state index in [1.165, 1.54) is 17.2 Å². The number of anilines is 2. The molecule has 0 saturated carbocycles. The summed E-state index contributed by atoms with van der Waals surface area (Å²) in [7, 11) is 0. The van der Waals surface area contributed by atoms with Crippen molar-refractivity contribution in [3.05, 3.63) is 66.2 Å². The summed E-state index contributed by atoms with van der Waals surface area (Å²) in [4.78, 5) is 14.5. The topological polar surface area (TPSA) is 32.3 Å². The number of nitrogens with one attached hydrogen (secondary N) is 1. The van der Waals surface area contributed by atoms with Gasteiger partial charge in [-0.05, 0) is 23.8 Å². The molecule has 3 rings (SSSR count). The van der Waals surface area contributed by atoms with E-state index in [2.05, 4.69) is 22.3 Å². The second kappa shape index (κ2) is 8.60. The van der Waals surface area contributed by atoms with E-state index in [4.69, 9.17) is 0 Å². The Morgan fingerprint density at radius 3 is 2.67 bits per heavy atom. The van der Waals surface area contributed by atoms with E-state index < -0.39 is 0 Å². The quantitative estimate of drug-likeness (QED) is 0.883. The first-order chi connectivity index (χ1) is 11.8. The zero-order chi connectivity index (χ0) is 16.6. The third kappa shape index (κ3) is 4.90. The van der Waals surface area contributed by atoms with Gasteiger partial charge in [-0.3, -0.25) is 4.79 Å². The van der Waals surface area contributed by atoms with Gasteiger partial charge in [0.25, 0.3) is 0 Å². The van der Waals surface area contributed by atoms with Crippen LogP contribution >= 0.6 is 11.8 Å². The minimum Gasteiger partial charge on any atom is -0.370 e. The molecule has 2 aromatic carbocycles. The van der Waals surface area contributed by atoms with E-state index in [-0.39, 0.29) is 5.91 Å². The van der Waals surface area contributed by atoms with Crippen molar-refractivity contribution in [3.8, 4) is 0 Å². The summed E-state index contributed by atoms with van der Waals surface area (Å²) in [5.74, 6) is 2.34. The molecule has 24 heavy (non-hydrogen) atoms. The van der Waals surface area contributed by atoms with Crippen LogP contribution in [0.15, 0.2) is 60.7 Å². The first kappa shape index (κ1) is 16.7. The van der Waals surface area contributed by atoms with E-state index in [1.807, 2.05) is 66.4 Å². The van der Waals surface area contributed by atoms with Crippen LogP contribution in [0, 0.1) is 0 Å². The molecule has 0 aromatic heterocycles. The van der Waals surface area contributed by atoms with Gasteiger partial charge in [0.2, 0.25) is 5.91 Å². The summed E-state index contributed by atoms with van der Waals surface area (Å²) in [6.07, 6.45) is 4.25. The van der Waals surface area contributed by atoms with Crippen molar-refractivity contribution in [2.45, 2.75) is 6.42 Å². The number of benzene rings is 2. The summed E-state index contributed by atoms with van der Waals surface area (Å²) in [6, 6.07) is 18.1. The van der Waals surface area contributed by atoms with Gasteiger partial charge in [0.15, 0.2) is 0 Å². The molecular formula is C20H22N2OS. The van der Waals surface area contributed by atoms with Crippen molar-refractivity contribution in [3.63, 3.8) is 0 Å². The number of amides is 1. The Bertz CT molecular complexity index is 694. The van der Waals surface area contributed by atoms with Crippen molar-refractivity contribution in [1.82, 2.24) is 0 Å². The molecule has 2 aromatic rings. The van der Waals surface area contributed by atoms with Crippen LogP contribution in [0.4, 0.5) is 11.4 Å². The summed E-state index contributed by atoms with van der Waals surface area (Å²) in [6.45, 7) is 2.14. The van der Waals surface area contributed by atoms with Crippen molar-refractivity contribution in [2.24, 2.45) is 0 Å². The Labute approximate surface area is 147 Å². The van der Waals surface area contributed by atoms with E-state index in [0.717, 1.165) is 24.3 Å². The van der Waals surface area contributed by atoms with Crippen molar-refractivity contribution in [2.75, 3.05) is 34.8 Å². The molecule has 0 unspecified atom stereocenters. The Morgan fingerprint density at radius 2 is 1.88 bits per heavy atom. The zero-order valence-corrected chi connectivity index (χ0v) is 14.5. The van der Waals surface area contributed by atoms with Crippen molar-refractivity contribution in [1.29, 1.82) is 0 Å². The highest BCUT2D eigenvalue weighted by atomic mass is 32.2. The molecule has 0 bridgehead atoms. The second-order valence-corrected chi connectivity index (χ2v) is 6.94. The molecule has 3 nitrogen and oxygen atoms in total. The van der Waals surface area contributed by atoms with Crippen LogP contribution in [0.1, 0.15) is 12.0 Å². The number of rotatable bonds is 5. The first-order valence-corrected chi connectivity index (χ1v) is 9.41. The molecule has 0 spiro atoms. The minimum atomic E-state index is 0.00790. The van der Waals surface area contributed by atoms with E-state index in [1.54, 1.807) is 0 Å². The highest BCUT2D eigenvalue weighted by Crippen LogP contribution is 2.22. The number of thioether (sulfide) groups is 1. The number of hydrogen-bond donors (Lipinski definition) is 1. The monoisotopic (exact) mass is 338 g/mol. The van der Waals surface area contributed by atoms with Gasteiger partial charge in [0.05, 0.1) is 0 Å². The Hall–Kier alpha value is -2.20. The summed E-state index contributed by atoms with van der Waals surface area (Å²) in [5, 5.41) is 2.99. The number of carbonyl (C=O) groups excluding carboxylic acids is 1. The molecule has 1 amide bonds. The maximum Gasteiger partial charge on any atom is 0.228 e. The molecule has 124 valence electrons. The minimum absolute atomic E-state index is 0.00790. The predicted octanol–water partition coefficient (Wildman–Crippen LogP) is 4.28. The Balaban J connectivity index is 1.55. The molecule has 1 fully saturated rings. The predicted molar refractivity (Wildman–Crippen MR) is 105 cm³/mol. The second-order valence-electron chi connectivity index (χ2n) is 5.72. The van der Waals surface area contributed by atoms with Crippen LogP contribution in [-0.4, -0.2) is 30.5 Å². The van der Waals surface area contributed by atoms with Crippen LogP contribution < -0.4 is 10.2 Å². The molecule has 0 aliphatic carbocycles. The molecule has 1 N–H and O–H groups in total. The average Bonchev–Trinajstić information content (AvgIpc) is 2.63. The highest BCUT2D eigenvalue weighted by molar-refractivity contribution is 7.99. The SMILES string of the molecule is O=C(C/C=C/c1ccccc1)Nc1cccc(N2CCSCC2)c1. The fourth-order valence-electron chi connectivity index (χ4n) is 2.68. The van der Waals surface area contributed by atoms with Crippen LogP contribution in [0.3, 0.4) is 0 Å². The van der Waals surface area contributed by atoms with Gasteiger partial charge in [0.1, 0.15) is 0 Å². The molecule has 1 heterocycles. The van der Waals surface area contributed by atoms with Gasteiger partial charge in [-0.15, -0.1) is 0 Å². The third-order valence-corrected chi connectivity index (χ3v) is 4.86. The van der Waals surface area contributed by atoms with Gasteiger partial charge in [0, 0.05) is 42.4 Å². The lowest BCUT2D eigenvalue weighted by Gasteiger charge is -2.28. The summed E-state index contributed by atoms with van der Waals surface area (Å²) in [5.41, 5.74) is 3.16. The van der Waals surface area contributed by atoms with E-state index in [0.29, 0.717) is 6.42 Å². The van der Waals surface area contributed by atoms with Gasteiger partial charge >= 0.3 is 0 Å². The smallest absolute Gasteiger partial charge is 0.228 e. The molecular weight excluding hydrogens is 316 g/mol. The lowest BCUT2D eigenvalue weighted by atomic mass is 10.2. The van der Waals surface area contributed by atoms with Crippen LogP contribution in [0.2, 0.25) is 0 Å². The zero-order valence-electron chi connectivity index (χ0n) is 13.7. The molecule has 4 heteroatoms. The molecule has 1 aliphatic rings. The van der Waals surface area contributed by atoms with Gasteiger partial charge in [-0.25, -0.2) is 0 Å². The largest absolute Gasteiger partial charge is 0.370 e. The normalized spacial score (nSPS) is 14.8. The van der Waals surface area contributed by atoms with E-state index in [9.17, 15) is 4.79 Å². The van der Waals surface area contributed by atoms with Crippen LogP contribution in [0.25, 0.3) is 6.08 Å². The lowest BCUT2D eigenvalue weighted by molar-refractivity contribution is -0.115. The van der Waals surface area contributed by atoms with E-state index >= 15 is 0 Å². The van der Waals surface area contributed by atoms with Gasteiger partial charge in [-0.2, -0.15) is 11.8 Å². The standard InChI is InChI=1S/C20H22N2OS/c23-20(11-4-8-17-6-2-1-3-7-17)21-18-9-5-10-19(16-18)22-12-14-24-15-13-22/h1-10,16H,11-15H2,(H,21,23)/b8-4+. The Kier molecular flexibility index (Phi) is 5.96. The molecule has 0 atom stereocenters. The van der Waals surface area contributed by atoms with Crippen LogP contribution in [0.5, 0.6) is 0 Å². The maximum absolute atomic E-state index is 12.1. The summed E-state index contributed by atoms with van der Waals surface area (Å²) >= 11 is 2.00. The summed E-state index contributed by atoms with van der Waals surface area (Å²) < 4.78 is 0. The third-order valence-electron chi connectivity index (χ3n) is 3.92. The lowest BCUT2D eigenvalue weighted by Crippen LogP contribution is -2.32. The highest BCUT2D eigenvalue weighted by Gasteiger charge is 2.11. The molecule has 1 saturated heterocycles. The number of hydrogen-bond acceptors (Lipinski definition) is 3. The fraction of sp³-hybridized carbons (Fsp3) is 0.250. The first-order valence-electron chi connectivity index (χ1n) is 8.25.